The first-order valence-corrected chi connectivity index (χ1v) is 7.52. The molecule has 2 unspecified atom stereocenters. The standard InChI is InChI=1S/C14H27N3O/c1-15-9-13-11-17(12-14(13)10-15)4-2-3-16-5-7-18-8-6-16/h13-14H,2-12H2,1H3. The van der Waals surface area contributed by atoms with Gasteiger partial charge in [0.15, 0.2) is 0 Å². The number of rotatable bonds is 4. The van der Waals surface area contributed by atoms with Crippen LogP contribution < -0.4 is 0 Å². The monoisotopic (exact) mass is 253 g/mol. The van der Waals surface area contributed by atoms with Crippen molar-refractivity contribution in [2.24, 2.45) is 11.8 Å². The lowest BCUT2D eigenvalue weighted by atomic mass is 10.0. The molecule has 0 spiro atoms. The number of likely N-dealkylation sites (tertiary alicyclic amines) is 2. The fourth-order valence-electron chi connectivity index (χ4n) is 3.85. The van der Waals surface area contributed by atoms with Crippen molar-refractivity contribution in [3.05, 3.63) is 0 Å². The minimum absolute atomic E-state index is 0.931. The van der Waals surface area contributed by atoms with E-state index in [0.717, 1.165) is 38.1 Å². The van der Waals surface area contributed by atoms with Crippen molar-refractivity contribution in [1.82, 2.24) is 14.7 Å². The second-order valence-corrected chi connectivity index (χ2v) is 6.31. The molecule has 3 rings (SSSR count). The zero-order chi connectivity index (χ0) is 12.4. The number of hydrogen-bond donors (Lipinski definition) is 0. The molecule has 0 aromatic rings. The molecule has 3 aliphatic heterocycles. The molecule has 0 radical (unpaired) electrons. The van der Waals surface area contributed by atoms with Gasteiger partial charge in [-0.15, -0.1) is 0 Å². The third kappa shape index (κ3) is 3.05. The van der Waals surface area contributed by atoms with Crippen LogP contribution in [-0.2, 0) is 4.74 Å². The van der Waals surface area contributed by atoms with E-state index in [-0.39, 0.29) is 0 Å². The normalized spacial score (nSPS) is 35.2. The van der Waals surface area contributed by atoms with Crippen LogP contribution in [0.4, 0.5) is 0 Å². The van der Waals surface area contributed by atoms with Gasteiger partial charge in [-0.25, -0.2) is 0 Å². The second-order valence-electron chi connectivity index (χ2n) is 6.31. The molecule has 3 aliphatic rings. The van der Waals surface area contributed by atoms with Gasteiger partial charge in [0.25, 0.3) is 0 Å². The lowest BCUT2D eigenvalue weighted by Crippen LogP contribution is -2.38. The molecule has 0 N–H and O–H groups in total. The average molecular weight is 253 g/mol. The molecule has 18 heavy (non-hydrogen) atoms. The van der Waals surface area contributed by atoms with Gasteiger partial charge in [0.05, 0.1) is 13.2 Å². The van der Waals surface area contributed by atoms with E-state index in [1.807, 2.05) is 0 Å². The van der Waals surface area contributed by atoms with Gasteiger partial charge >= 0.3 is 0 Å². The topological polar surface area (TPSA) is 19.0 Å². The molecule has 3 fully saturated rings. The molecule has 3 heterocycles. The van der Waals surface area contributed by atoms with Crippen molar-refractivity contribution in [2.75, 3.05) is 72.6 Å². The third-order valence-electron chi connectivity index (χ3n) is 4.80. The summed E-state index contributed by atoms with van der Waals surface area (Å²) in [6, 6.07) is 0. The summed E-state index contributed by atoms with van der Waals surface area (Å²) in [7, 11) is 2.26. The van der Waals surface area contributed by atoms with Crippen molar-refractivity contribution in [3.63, 3.8) is 0 Å². The van der Waals surface area contributed by atoms with Gasteiger partial charge in [-0.2, -0.15) is 0 Å². The molecular formula is C14H27N3O. The first-order valence-electron chi connectivity index (χ1n) is 7.52. The molecule has 104 valence electrons. The number of ether oxygens (including phenoxy) is 1. The summed E-state index contributed by atoms with van der Waals surface area (Å²) in [5.41, 5.74) is 0. The van der Waals surface area contributed by atoms with E-state index in [0.29, 0.717) is 0 Å². The third-order valence-corrected chi connectivity index (χ3v) is 4.80. The summed E-state index contributed by atoms with van der Waals surface area (Å²) in [5.74, 6) is 1.91. The summed E-state index contributed by atoms with van der Waals surface area (Å²) in [6.07, 6.45) is 1.33. The SMILES string of the molecule is CN1CC2CN(CCCN3CCOCC3)CC2C1. The Labute approximate surface area is 111 Å². The zero-order valence-electron chi connectivity index (χ0n) is 11.7. The Morgan fingerprint density at radius 1 is 0.889 bits per heavy atom. The van der Waals surface area contributed by atoms with Crippen molar-refractivity contribution in [1.29, 1.82) is 0 Å². The first kappa shape index (κ1) is 12.9. The lowest BCUT2D eigenvalue weighted by Gasteiger charge is -2.27. The molecule has 0 aromatic carbocycles. The quantitative estimate of drug-likeness (QED) is 0.712. The highest BCUT2D eigenvalue weighted by atomic mass is 16.5. The molecule has 3 saturated heterocycles. The molecule has 0 saturated carbocycles. The summed E-state index contributed by atoms with van der Waals surface area (Å²) >= 11 is 0. The largest absolute Gasteiger partial charge is 0.379 e. The predicted molar refractivity (Wildman–Crippen MR) is 72.8 cm³/mol. The fourth-order valence-corrected chi connectivity index (χ4v) is 3.85. The maximum atomic E-state index is 5.38. The van der Waals surface area contributed by atoms with Gasteiger partial charge in [0, 0.05) is 39.3 Å². The maximum absolute atomic E-state index is 5.38. The van der Waals surface area contributed by atoms with E-state index in [2.05, 4.69) is 21.7 Å². The highest BCUT2D eigenvalue weighted by Gasteiger charge is 2.38. The lowest BCUT2D eigenvalue weighted by molar-refractivity contribution is 0.0363. The molecule has 0 bridgehead atoms. The first-order chi connectivity index (χ1) is 8.81. The minimum Gasteiger partial charge on any atom is -0.379 e. The van der Waals surface area contributed by atoms with Crippen molar-refractivity contribution in [3.8, 4) is 0 Å². The number of morpholine rings is 1. The van der Waals surface area contributed by atoms with Crippen molar-refractivity contribution >= 4 is 0 Å². The van der Waals surface area contributed by atoms with Crippen LogP contribution in [0, 0.1) is 11.8 Å². The van der Waals surface area contributed by atoms with E-state index in [4.69, 9.17) is 4.74 Å². The fraction of sp³-hybridized carbons (Fsp3) is 1.00. The van der Waals surface area contributed by atoms with Crippen LogP contribution in [0.5, 0.6) is 0 Å². The van der Waals surface area contributed by atoms with Crippen LogP contribution >= 0.6 is 0 Å². The smallest absolute Gasteiger partial charge is 0.0594 e. The summed E-state index contributed by atoms with van der Waals surface area (Å²) in [5, 5.41) is 0. The number of hydrogen-bond acceptors (Lipinski definition) is 4. The van der Waals surface area contributed by atoms with Gasteiger partial charge in [-0.05, 0) is 38.4 Å². The summed E-state index contributed by atoms with van der Waals surface area (Å²) < 4.78 is 5.38. The van der Waals surface area contributed by atoms with E-state index < -0.39 is 0 Å². The predicted octanol–water partition coefficient (Wildman–Crippen LogP) is 0.202. The molecule has 4 nitrogen and oxygen atoms in total. The summed E-state index contributed by atoms with van der Waals surface area (Å²) in [6.45, 7) is 12.0. The van der Waals surface area contributed by atoms with E-state index in [9.17, 15) is 0 Å². The Morgan fingerprint density at radius 3 is 2.17 bits per heavy atom. The Kier molecular flexibility index (Phi) is 4.19. The number of nitrogens with zero attached hydrogens (tertiary/aromatic N) is 3. The molecule has 2 atom stereocenters. The Hall–Kier alpha value is -0.160. The van der Waals surface area contributed by atoms with E-state index in [1.54, 1.807) is 0 Å². The molecule has 4 heteroatoms. The van der Waals surface area contributed by atoms with Gasteiger partial charge in [0.2, 0.25) is 0 Å². The van der Waals surface area contributed by atoms with Gasteiger partial charge < -0.3 is 14.5 Å². The van der Waals surface area contributed by atoms with Crippen LogP contribution in [0.25, 0.3) is 0 Å². The molecule has 0 aromatic heterocycles. The van der Waals surface area contributed by atoms with Gasteiger partial charge in [0.1, 0.15) is 0 Å². The van der Waals surface area contributed by atoms with Gasteiger partial charge in [-0.1, -0.05) is 0 Å². The van der Waals surface area contributed by atoms with Crippen molar-refractivity contribution in [2.45, 2.75) is 6.42 Å². The van der Waals surface area contributed by atoms with Crippen molar-refractivity contribution < 1.29 is 4.74 Å². The van der Waals surface area contributed by atoms with Crippen LogP contribution in [0.1, 0.15) is 6.42 Å². The summed E-state index contributed by atoms with van der Waals surface area (Å²) in [4.78, 5) is 7.75. The molecular weight excluding hydrogens is 226 g/mol. The Morgan fingerprint density at radius 2 is 1.50 bits per heavy atom. The van der Waals surface area contributed by atoms with Crippen LogP contribution in [0.3, 0.4) is 0 Å². The van der Waals surface area contributed by atoms with E-state index >= 15 is 0 Å². The maximum Gasteiger partial charge on any atom is 0.0594 e. The Bertz CT molecular complexity index is 254. The van der Waals surface area contributed by atoms with E-state index in [1.165, 1.54) is 45.7 Å². The van der Waals surface area contributed by atoms with Crippen LogP contribution in [0.15, 0.2) is 0 Å². The Balaban J connectivity index is 1.33. The average Bonchev–Trinajstić information content (AvgIpc) is 2.87. The molecule has 0 amide bonds. The zero-order valence-corrected chi connectivity index (χ0v) is 11.7. The van der Waals surface area contributed by atoms with Crippen LogP contribution in [0.2, 0.25) is 0 Å². The van der Waals surface area contributed by atoms with Gasteiger partial charge in [-0.3, -0.25) is 4.90 Å². The molecule has 0 aliphatic carbocycles. The second kappa shape index (κ2) is 5.87. The minimum atomic E-state index is 0.931. The highest BCUT2D eigenvalue weighted by Crippen LogP contribution is 2.29. The highest BCUT2D eigenvalue weighted by molar-refractivity contribution is 4.91. The van der Waals surface area contributed by atoms with Crippen LogP contribution in [-0.4, -0.2) is 87.3 Å². The number of fused-ring (bicyclic) bond motifs is 1.